The van der Waals surface area contributed by atoms with E-state index in [4.69, 9.17) is 15.6 Å². The van der Waals surface area contributed by atoms with Crippen molar-refractivity contribution in [3.63, 3.8) is 0 Å². The van der Waals surface area contributed by atoms with Gasteiger partial charge in [0.25, 0.3) is 0 Å². The van der Waals surface area contributed by atoms with Crippen molar-refractivity contribution in [1.82, 2.24) is 0 Å². The van der Waals surface area contributed by atoms with Crippen molar-refractivity contribution in [1.29, 1.82) is 0 Å². The maximum Gasteiger partial charge on any atom is 0.340 e. The third-order valence-corrected chi connectivity index (χ3v) is 3.00. The summed E-state index contributed by atoms with van der Waals surface area (Å²) in [5.41, 5.74) is 8.26. The van der Waals surface area contributed by atoms with E-state index in [0.717, 1.165) is 5.56 Å². The Morgan fingerprint density at radius 2 is 1.81 bits per heavy atom. The maximum atomic E-state index is 12.0. The summed E-state index contributed by atoms with van der Waals surface area (Å²) >= 11 is 0. The van der Waals surface area contributed by atoms with Crippen LogP contribution in [-0.2, 0) is 11.3 Å². The number of aryl methyl sites for hydroxylation is 1. The SMILES string of the molecule is Cc1ccc(N)c(C(=O)OCc2ccc(C(=O)O)cc2)c1. The maximum absolute atomic E-state index is 12.0. The van der Waals surface area contributed by atoms with Gasteiger partial charge < -0.3 is 15.6 Å². The van der Waals surface area contributed by atoms with Crippen LogP contribution in [0, 0.1) is 6.92 Å². The zero-order valence-electron chi connectivity index (χ0n) is 11.5. The van der Waals surface area contributed by atoms with Crippen LogP contribution in [0.4, 0.5) is 5.69 Å². The Balaban J connectivity index is 2.04. The fourth-order valence-electron chi connectivity index (χ4n) is 1.82. The summed E-state index contributed by atoms with van der Waals surface area (Å²) in [6.07, 6.45) is 0. The number of ether oxygens (including phenoxy) is 1. The van der Waals surface area contributed by atoms with E-state index < -0.39 is 11.9 Å². The number of benzene rings is 2. The van der Waals surface area contributed by atoms with Crippen molar-refractivity contribution in [2.45, 2.75) is 13.5 Å². The minimum absolute atomic E-state index is 0.0616. The summed E-state index contributed by atoms with van der Waals surface area (Å²) in [6, 6.07) is 11.3. The first-order valence-electron chi connectivity index (χ1n) is 6.33. The lowest BCUT2D eigenvalue weighted by Gasteiger charge is -2.08. The number of rotatable bonds is 4. The van der Waals surface area contributed by atoms with Crippen LogP contribution in [0.5, 0.6) is 0 Å². The van der Waals surface area contributed by atoms with Gasteiger partial charge in [-0.2, -0.15) is 0 Å². The molecule has 0 unspecified atom stereocenters. The Hall–Kier alpha value is -2.82. The zero-order valence-corrected chi connectivity index (χ0v) is 11.5. The molecule has 0 saturated heterocycles. The number of carboxylic acid groups (broad SMARTS) is 1. The largest absolute Gasteiger partial charge is 0.478 e. The van der Waals surface area contributed by atoms with Crippen molar-refractivity contribution in [3.8, 4) is 0 Å². The molecule has 0 atom stereocenters. The van der Waals surface area contributed by atoms with E-state index in [9.17, 15) is 9.59 Å². The van der Waals surface area contributed by atoms with Gasteiger partial charge in [-0.3, -0.25) is 0 Å². The molecule has 108 valence electrons. The van der Waals surface area contributed by atoms with E-state index >= 15 is 0 Å². The number of anilines is 1. The number of carbonyl (C=O) groups excluding carboxylic acids is 1. The average Bonchev–Trinajstić information content (AvgIpc) is 2.47. The predicted octanol–water partition coefficient (Wildman–Crippen LogP) is 2.63. The molecule has 0 aliphatic carbocycles. The molecule has 0 radical (unpaired) electrons. The number of esters is 1. The molecule has 0 aliphatic rings. The summed E-state index contributed by atoms with van der Waals surface area (Å²) in [5.74, 6) is -1.50. The molecule has 2 aromatic carbocycles. The van der Waals surface area contributed by atoms with Crippen molar-refractivity contribution in [2.75, 3.05) is 5.73 Å². The van der Waals surface area contributed by atoms with E-state index in [-0.39, 0.29) is 12.2 Å². The van der Waals surface area contributed by atoms with Gasteiger partial charge in [-0.15, -0.1) is 0 Å². The van der Waals surface area contributed by atoms with Crippen molar-refractivity contribution < 1.29 is 19.4 Å². The van der Waals surface area contributed by atoms with E-state index in [0.29, 0.717) is 16.8 Å². The zero-order chi connectivity index (χ0) is 15.4. The van der Waals surface area contributed by atoms with Gasteiger partial charge in [0.05, 0.1) is 11.1 Å². The van der Waals surface area contributed by atoms with Crippen LogP contribution in [-0.4, -0.2) is 17.0 Å². The van der Waals surface area contributed by atoms with Crippen LogP contribution in [0.1, 0.15) is 31.8 Å². The Morgan fingerprint density at radius 3 is 2.43 bits per heavy atom. The molecule has 0 saturated carbocycles. The monoisotopic (exact) mass is 285 g/mol. The van der Waals surface area contributed by atoms with Gasteiger partial charge >= 0.3 is 11.9 Å². The van der Waals surface area contributed by atoms with Crippen LogP contribution < -0.4 is 5.73 Å². The minimum atomic E-state index is -0.994. The second kappa shape index (κ2) is 6.09. The quantitative estimate of drug-likeness (QED) is 0.665. The van der Waals surface area contributed by atoms with E-state index in [2.05, 4.69) is 0 Å². The van der Waals surface area contributed by atoms with E-state index in [1.54, 1.807) is 24.3 Å². The first kappa shape index (κ1) is 14.6. The number of carboxylic acids is 1. The van der Waals surface area contributed by atoms with Crippen LogP contribution >= 0.6 is 0 Å². The van der Waals surface area contributed by atoms with Crippen LogP contribution in [0.15, 0.2) is 42.5 Å². The van der Waals surface area contributed by atoms with Gasteiger partial charge in [-0.05, 0) is 36.8 Å². The van der Waals surface area contributed by atoms with Gasteiger partial charge in [0.2, 0.25) is 0 Å². The van der Waals surface area contributed by atoms with Gasteiger partial charge in [-0.25, -0.2) is 9.59 Å². The molecule has 0 spiro atoms. The molecule has 0 amide bonds. The Kier molecular flexibility index (Phi) is 4.23. The number of nitrogens with two attached hydrogens (primary N) is 1. The molecular formula is C16H15NO4. The molecule has 0 bridgehead atoms. The highest BCUT2D eigenvalue weighted by Crippen LogP contribution is 2.16. The molecule has 0 fully saturated rings. The summed E-state index contributed by atoms with van der Waals surface area (Å²) in [6.45, 7) is 1.92. The highest BCUT2D eigenvalue weighted by Gasteiger charge is 2.11. The molecule has 21 heavy (non-hydrogen) atoms. The molecule has 2 aromatic rings. The second-order valence-corrected chi connectivity index (χ2v) is 4.67. The Bertz CT molecular complexity index is 677. The lowest BCUT2D eigenvalue weighted by Crippen LogP contribution is -2.08. The molecule has 3 N–H and O–H groups in total. The van der Waals surface area contributed by atoms with Gasteiger partial charge in [0, 0.05) is 5.69 Å². The number of hydrogen-bond donors (Lipinski definition) is 2. The third-order valence-electron chi connectivity index (χ3n) is 3.00. The van der Waals surface area contributed by atoms with E-state index in [1.807, 2.05) is 13.0 Å². The van der Waals surface area contributed by atoms with Crippen LogP contribution in [0.25, 0.3) is 0 Å². The first-order valence-corrected chi connectivity index (χ1v) is 6.33. The number of hydrogen-bond acceptors (Lipinski definition) is 4. The summed E-state index contributed by atoms with van der Waals surface area (Å²) < 4.78 is 5.18. The highest BCUT2D eigenvalue weighted by molar-refractivity contribution is 5.95. The number of nitrogen functional groups attached to an aromatic ring is 1. The summed E-state index contributed by atoms with van der Waals surface area (Å²) in [4.78, 5) is 22.7. The van der Waals surface area contributed by atoms with Crippen LogP contribution in [0.3, 0.4) is 0 Å². The van der Waals surface area contributed by atoms with Crippen LogP contribution in [0.2, 0.25) is 0 Å². The molecule has 2 rings (SSSR count). The average molecular weight is 285 g/mol. The first-order chi connectivity index (χ1) is 9.97. The molecular weight excluding hydrogens is 270 g/mol. The van der Waals surface area contributed by atoms with Crippen molar-refractivity contribution >= 4 is 17.6 Å². The lowest BCUT2D eigenvalue weighted by molar-refractivity contribution is 0.0473. The standard InChI is InChI=1S/C16H15NO4/c1-10-2-7-14(17)13(8-10)16(20)21-9-11-3-5-12(6-4-11)15(18)19/h2-8H,9,17H2,1H3,(H,18,19). The fraction of sp³-hybridized carbons (Fsp3) is 0.125. The van der Waals surface area contributed by atoms with Gasteiger partial charge in [-0.1, -0.05) is 23.8 Å². The molecule has 0 heterocycles. The summed E-state index contributed by atoms with van der Waals surface area (Å²) in [7, 11) is 0. The minimum Gasteiger partial charge on any atom is -0.478 e. The van der Waals surface area contributed by atoms with Crippen molar-refractivity contribution in [3.05, 3.63) is 64.7 Å². The Morgan fingerprint density at radius 1 is 1.14 bits per heavy atom. The predicted molar refractivity (Wildman–Crippen MR) is 78.1 cm³/mol. The van der Waals surface area contributed by atoms with Crippen molar-refractivity contribution in [2.24, 2.45) is 0 Å². The van der Waals surface area contributed by atoms with Gasteiger partial charge in [0.15, 0.2) is 0 Å². The Labute approximate surface area is 122 Å². The topological polar surface area (TPSA) is 89.6 Å². The number of carbonyl (C=O) groups is 2. The molecule has 5 heteroatoms. The van der Waals surface area contributed by atoms with E-state index in [1.165, 1.54) is 12.1 Å². The third kappa shape index (κ3) is 3.60. The van der Waals surface area contributed by atoms with Gasteiger partial charge in [0.1, 0.15) is 6.61 Å². The summed E-state index contributed by atoms with van der Waals surface area (Å²) in [5, 5.41) is 8.80. The fourth-order valence-corrected chi connectivity index (χ4v) is 1.82. The molecule has 0 aliphatic heterocycles. The molecule has 0 aromatic heterocycles. The smallest absolute Gasteiger partial charge is 0.340 e. The lowest BCUT2D eigenvalue weighted by atomic mass is 10.1. The highest BCUT2D eigenvalue weighted by atomic mass is 16.5. The number of aromatic carboxylic acids is 1. The normalized spacial score (nSPS) is 10.1. The molecule has 5 nitrogen and oxygen atoms in total. The second-order valence-electron chi connectivity index (χ2n) is 4.67.